The van der Waals surface area contributed by atoms with E-state index in [0.717, 1.165) is 25.7 Å². The molecule has 0 spiro atoms. The minimum atomic E-state index is -0.760. The lowest BCUT2D eigenvalue weighted by Gasteiger charge is -2.33. The molecule has 1 aliphatic carbocycles. The second-order valence-corrected chi connectivity index (χ2v) is 4.67. The van der Waals surface area contributed by atoms with Crippen LogP contribution in [0.2, 0.25) is 0 Å². The van der Waals surface area contributed by atoms with Gasteiger partial charge in [0.2, 0.25) is 5.91 Å². The van der Waals surface area contributed by atoms with Gasteiger partial charge in [-0.1, -0.05) is 26.2 Å². The van der Waals surface area contributed by atoms with E-state index < -0.39 is 11.4 Å². The molecule has 1 fully saturated rings. The van der Waals surface area contributed by atoms with Crippen molar-refractivity contribution in [3.8, 4) is 0 Å². The Morgan fingerprint density at radius 1 is 1.25 bits per heavy atom. The van der Waals surface area contributed by atoms with Gasteiger partial charge in [-0.3, -0.25) is 9.59 Å². The minimum absolute atomic E-state index is 0.0336. The first-order chi connectivity index (χ1) is 7.60. The molecule has 1 aliphatic rings. The van der Waals surface area contributed by atoms with Gasteiger partial charge >= 0.3 is 5.97 Å². The van der Waals surface area contributed by atoms with E-state index in [1.807, 2.05) is 6.92 Å². The first-order valence-electron chi connectivity index (χ1n) is 6.11. The molecule has 0 unspecified atom stereocenters. The maximum absolute atomic E-state index is 11.3. The van der Waals surface area contributed by atoms with Crippen LogP contribution >= 0.6 is 0 Å². The number of hydrogen-bond acceptors (Lipinski definition) is 2. The molecule has 4 nitrogen and oxygen atoms in total. The number of carboxylic acid groups (broad SMARTS) is 1. The van der Waals surface area contributed by atoms with E-state index in [0.29, 0.717) is 25.8 Å². The highest BCUT2D eigenvalue weighted by Gasteiger charge is 2.39. The van der Waals surface area contributed by atoms with E-state index in [1.54, 1.807) is 0 Å². The first kappa shape index (κ1) is 13.0. The average Bonchev–Trinajstić information content (AvgIpc) is 2.28. The molecule has 0 aliphatic heterocycles. The predicted molar refractivity (Wildman–Crippen MR) is 61.1 cm³/mol. The third kappa shape index (κ3) is 3.22. The van der Waals surface area contributed by atoms with Gasteiger partial charge in [0.25, 0.3) is 0 Å². The number of hydrogen-bond donors (Lipinski definition) is 2. The molecule has 0 heterocycles. The SMILES string of the molecule is CCCC(=O)NCC1(C(=O)O)CCCCC1. The standard InChI is InChI=1S/C12H21NO3/c1-2-6-10(14)13-9-12(11(15)16)7-4-3-5-8-12/h2-9H2,1H3,(H,13,14)(H,15,16). The molecule has 0 aromatic heterocycles. The third-order valence-corrected chi connectivity index (χ3v) is 3.37. The summed E-state index contributed by atoms with van der Waals surface area (Å²) in [7, 11) is 0. The minimum Gasteiger partial charge on any atom is -0.481 e. The smallest absolute Gasteiger partial charge is 0.311 e. The van der Waals surface area contributed by atoms with Gasteiger partial charge in [-0.25, -0.2) is 0 Å². The van der Waals surface area contributed by atoms with Crippen molar-refractivity contribution in [2.45, 2.75) is 51.9 Å². The van der Waals surface area contributed by atoms with E-state index in [1.165, 1.54) is 0 Å². The summed E-state index contributed by atoms with van der Waals surface area (Å²) in [5.41, 5.74) is -0.707. The summed E-state index contributed by atoms with van der Waals surface area (Å²) in [6, 6.07) is 0. The van der Waals surface area contributed by atoms with Crippen molar-refractivity contribution in [3.05, 3.63) is 0 Å². The Bertz CT molecular complexity index is 257. The Labute approximate surface area is 96.4 Å². The monoisotopic (exact) mass is 227 g/mol. The van der Waals surface area contributed by atoms with Crippen molar-refractivity contribution in [2.75, 3.05) is 6.54 Å². The number of rotatable bonds is 5. The van der Waals surface area contributed by atoms with Crippen LogP contribution in [-0.4, -0.2) is 23.5 Å². The molecule has 1 rings (SSSR count). The summed E-state index contributed by atoms with van der Waals surface area (Å²) in [6.45, 7) is 2.23. The van der Waals surface area contributed by atoms with Crippen LogP contribution in [0.1, 0.15) is 51.9 Å². The normalized spacial score (nSPS) is 19.1. The second-order valence-electron chi connectivity index (χ2n) is 4.67. The van der Waals surface area contributed by atoms with Gasteiger partial charge in [-0.2, -0.15) is 0 Å². The van der Waals surface area contributed by atoms with Crippen LogP contribution in [0.15, 0.2) is 0 Å². The molecule has 1 amide bonds. The first-order valence-corrected chi connectivity index (χ1v) is 6.11. The van der Waals surface area contributed by atoms with Crippen LogP contribution in [0.3, 0.4) is 0 Å². The van der Waals surface area contributed by atoms with Crippen LogP contribution in [0.25, 0.3) is 0 Å². The number of amides is 1. The van der Waals surface area contributed by atoms with Crippen molar-refractivity contribution in [1.82, 2.24) is 5.32 Å². The average molecular weight is 227 g/mol. The van der Waals surface area contributed by atoms with Crippen molar-refractivity contribution < 1.29 is 14.7 Å². The molecule has 2 N–H and O–H groups in total. The number of aliphatic carboxylic acids is 1. The molecule has 0 aromatic carbocycles. The fourth-order valence-corrected chi connectivity index (χ4v) is 2.28. The zero-order valence-corrected chi connectivity index (χ0v) is 9.92. The molecule has 0 radical (unpaired) electrons. The van der Waals surface area contributed by atoms with Gasteiger partial charge in [-0.15, -0.1) is 0 Å². The Kier molecular flexibility index (Phi) is 4.77. The van der Waals surface area contributed by atoms with Crippen molar-refractivity contribution in [2.24, 2.45) is 5.41 Å². The highest BCUT2D eigenvalue weighted by atomic mass is 16.4. The van der Waals surface area contributed by atoms with E-state index in [2.05, 4.69) is 5.32 Å². The van der Waals surface area contributed by atoms with Crippen molar-refractivity contribution >= 4 is 11.9 Å². The Morgan fingerprint density at radius 3 is 2.38 bits per heavy atom. The number of carboxylic acids is 1. The van der Waals surface area contributed by atoms with E-state index >= 15 is 0 Å². The number of carbonyl (C=O) groups is 2. The Hall–Kier alpha value is -1.06. The van der Waals surface area contributed by atoms with Gasteiger partial charge in [0.05, 0.1) is 5.41 Å². The van der Waals surface area contributed by atoms with E-state index in [4.69, 9.17) is 0 Å². The van der Waals surface area contributed by atoms with Crippen LogP contribution in [-0.2, 0) is 9.59 Å². The van der Waals surface area contributed by atoms with E-state index in [-0.39, 0.29) is 5.91 Å². The highest BCUT2D eigenvalue weighted by Crippen LogP contribution is 2.35. The zero-order chi connectivity index (χ0) is 12.0. The molecule has 0 bridgehead atoms. The second kappa shape index (κ2) is 5.87. The predicted octanol–water partition coefficient (Wildman–Crippen LogP) is 1.94. The zero-order valence-electron chi connectivity index (χ0n) is 9.92. The maximum Gasteiger partial charge on any atom is 0.311 e. The van der Waals surface area contributed by atoms with Crippen molar-refractivity contribution in [3.63, 3.8) is 0 Å². The molecular weight excluding hydrogens is 206 g/mol. The summed E-state index contributed by atoms with van der Waals surface area (Å²) in [4.78, 5) is 22.6. The van der Waals surface area contributed by atoms with Crippen molar-refractivity contribution in [1.29, 1.82) is 0 Å². The molecule has 0 atom stereocenters. The van der Waals surface area contributed by atoms with Gasteiger partial charge in [0.1, 0.15) is 0 Å². The van der Waals surface area contributed by atoms with Gasteiger partial charge < -0.3 is 10.4 Å². The maximum atomic E-state index is 11.3. The summed E-state index contributed by atoms with van der Waals surface area (Å²) >= 11 is 0. The molecule has 1 saturated carbocycles. The summed E-state index contributed by atoms with van der Waals surface area (Å²) in [5, 5.41) is 12.0. The topological polar surface area (TPSA) is 66.4 Å². The summed E-state index contributed by atoms with van der Waals surface area (Å²) in [5.74, 6) is -0.794. The summed E-state index contributed by atoms with van der Waals surface area (Å²) in [6.07, 6.45) is 5.68. The van der Waals surface area contributed by atoms with Gasteiger partial charge in [-0.05, 0) is 19.3 Å². The Balaban J connectivity index is 2.51. The number of carbonyl (C=O) groups excluding carboxylic acids is 1. The fraction of sp³-hybridized carbons (Fsp3) is 0.833. The van der Waals surface area contributed by atoms with Gasteiger partial charge in [0.15, 0.2) is 0 Å². The van der Waals surface area contributed by atoms with Gasteiger partial charge in [0, 0.05) is 13.0 Å². The molecule has 0 aromatic rings. The molecule has 4 heteroatoms. The highest BCUT2D eigenvalue weighted by molar-refractivity contribution is 5.79. The Morgan fingerprint density at radius 2 is 1.88 bits per heavy atom. The third-order valence-electron chi connectivity index (χ3n) is 3.37. The van der Waals surface area contributed by atoms with Crippen LogP contribution in [0.4, 0.5) is 0 Å². The van der Waals surface area contributed by atoms with Crippen LogP contribution in [0, 0.1) is 5.41 Å². The fourth-order valence-electron chi connectivity index (χ4n) is 2.28. The molecule has 16 heavy (non-hydrogen) atoms. The van der Waals surface area contributed by atoms with E-state index in [9.17, 15) is 14.7 Å². The lowest BCUT2D eigenvalue weighted by Crippen LogP contribution is -2.44. The molecule has 0 saturated heterocycles. The number of nitrogens with one attached hydrogen (secondary N) is 1. The quantitative estimate of drug-likeness (QED) is 0.754. The molecule has 92 valence electrons. The molecular formula is C12H21NO3. The van der Waals surface area contributed by atoms with Crippen LogP contribution in [0.5, 0.6) is 0 Å². The summed E-state index contributed by atoms with van der Waals surface area (Å²) < 4.78 is 0. The lowest BCUT2D eigenvalue weighted by atomic mass is 9.74. The van der Waals surface area contributed by atoms with Crippen LogP contribution < -0.4 is 5.32 Å². The largest absolute Gasteiger partial charge is 0.481 e. The lowest BCUT2D eigenvalue weighted by molar-refractivity contribution is -0.151.